The van der Waals surface area contributed by atoms with Crippen LogP contribution in [0.15, 0.2) is 52.4 Å². The van der Waals surface area contributed by atoms with Gasteiger partial charge in [-0.25, -0.2) is 4.39 Å². The number of hydrogen-bond donors (Lipinski definition) is 1. The van der Waals surface area contributed by atoms with Crippen molar-refractivity contribution in [3.05, 3.63) is 65.0 Å². The molecule has 1 N–H and O–H groups in total. The van der Waals surface area contributed by atoms with Crippen molar-refractivity contribution in [3.8, 4) is 5.75 Å². The van der Waals surface area contributed by atoms with Crippen LogP contribution in [0, 0.1) is 18.7 Å². The molecule has 0 bridgehead atoms. The second-order valence-electron chi connectivity index (χ2n) is 8.28. The second-order valence-corrected chi connectivity index (χ2v) is 9.82. The average Bonchev–Trinajstić information content (AvgIpc) is 3.04. The third kappa shape index (κ3) is 4.64. The Morgan fingerprint density at radius 3 is 2.39 bits per heavy atom. The molecule has 0 atom stereocenters. The lowest BCUT2D eigenvalue weighted by Crippen LogP contribution is -2.41. The van der Waals surface area contributed by atoms with Gasteiger partial charge in [0.25, 0.3) is 10.0 Å². The van der Waals surface area contributed by atoms with Gasteiger partial charge < -0.3 is 15.0 Å². The van der Waals surface area contributed by atoms with Crippen LogP contribution in [0.25, 0.3) is 4.91 Å². The number of piperidine rings is 1. The average molecular weight is 472 g/mol. The topological polar surface area (TPSA) is 88.1 Å². The Labute approximate surface area is 193 Å². The van der Waals surface area contributed by atoms with Gasteiger partial charge in [-0.2, -0.15) is 8.42 Å². The number of aryl methyl sites for hydroxylation is 1. The van der Waals surface area contributed by atoms with Crippen LogP contribution < -0.4 is 10.1 Å². The lowest BCUT2D eigenvalue weighted by Gasteiger charge is -2.33. The van der Waals surface area contributed by atoms with Crippen LogP contribution in [0.4, 0.5) is 10.1 Å². The van der Waals surface area contributed by atoms with Crippen LogP contribution in [0.1, 0.15) is 30.9 Å². The molecule has 7 nitrogen and oxygen atoms in total. The van der Waals surface area contributed by atoms with Crippen molar-refractivity contribution in [1.29, 1.82) is 0 Å². The summed E-state index contributed by atoms with van der Waals surface area (Å²) in [5.41, 5.74) is 2.43. The van der Waals surface area contributed by atoms with Crippen molar-refractivity contribution < 1.29 is 22.3 Å². The standard InChI is InChI=1S/C24H26FN3O4S/c1-15-14-19(25)6-9-21(15)26-24(29)18-10-12-28(13-11-18)23-16(2)22(33(30,31)27-23)17-4-7-20(32-3)8-5-17/h4-9,14,18H,10-13H2,1-3H3,(H,26,29). The predicted octanol–water partition coefficient (Wildman–Crippen LogP) is 3.97. The van der Waals surface area contributed by atoms with E-state index in [-0.39, 0.29) is 22.5 Å². The number of amidine groups is 1. The van der Waals surface area contributed by atoms with E-state index in [1.807, 2.05) is 4.90 Å². The van der Waals surface area contributed by atoms with Gasteiger partial charge in [0.2, 0.25) is 5.91 Å². The number of likely N-dealkylation sites (tertiary alicyclic amines) is 1. The first kappa shape index (κ1) is 23.0. The van der Waals surface area contributed by atoms with E-state index in [1.54, 1.807) is 51.3 Å². The largest absolute Gasteiger partial charge is 0.497 e. The maximum Gasteiger partial charge on any atom is 0.285 e. The lowest BCUT2D eigenvalue weighted by atomic mass is 9.95. The SMILES string of the molecule is COc1ccc(C2=C(C)C(N3CCC(C(=O)Nc4ccc(F)cc4C)CC3)=NS2(=O)=O)cc1. The van der Waals surface area contributed by atoms with Crippen molar-refractivity contribution >= 4 is 32.4 Å². The van der Waals surface area contributed by atoms with Gasteiger partial charge in [-0.1, -0.05) is 0 Å². The van der Waals surface area contributed by atoms with Gasteiger partial charge in [-0.3, -0.25) is 4.79 Å². The van der Waals surface area contributed by atoms with Gasteiger partial charge in [-0.15, -0.1) is 4.40 Å². The van der Waals surface area contributed by atoms with E-state index in [2.05, 4.69) is 9.71 Å². The molecule has 2 heterocycles. The van der Waals surface area contributed by atoms with Crippen LogP contribution >= 0.6 is 0 Å². The Bertz CT molecular complexity index is 1240. The van der Waals surface area contributed by atoms with Gasteiger partial charge in [0.15, 0.2) is 0 Å². The Morgan fingerprint density at radius 2 is 1.79 bits per heavy atom. The number of nitrogens with one attached hydrogen (secondary N) is 1. The summed E-state index contributed by atoms with van der Waals surface area (Å²) in [6, 6.07) is 11.1. The van der Waals surface area contributed by atoms with E-state index in [0.717, 1.165) is 0 Å². The highest BCUT2D eigenvalue weighted by molar-refractivity contribution is 8.00. The summed E-state index contributed by atoms with van der Waals surface area (Å²) < 4.78 is 48.2. The molecule has 0 aliphatic carbocycles. The molecule has 2 aliphatic rings. The van der Waals surface area contributed by atoms with Gasteiger partial charge in [-0.05, 0) is 80.3 Å². The Kier molecular flexibility index (Phi) is 6.25. The van der Waals surface area contributed by atoms with E-state index in [1.165, 1.54) is 12.1 Å². The van der Waals surface area contributed by atoms with Gasteiger partial charge >= 0.3 is 0 Å². The summed E-state index contributed by atoms with van der Waals surface area (Å²) in [6.45, 7) is 4.54. The molecular formula is C24H26FN3O4S. The van der Waals surface area contributed by atoms with E-state index < -0.39 is 10.0 Å². The maximum atomic E-state index is 13.3. The first-order chi connectivity index (χ1) is 15.7. The van der Waals surface area contributed by atoms with Crippen molar-refractivity contribution in [1.82, 2.24) is 4.90 Å². The zero-order valence-electron chi connectivity index (χ0n) is 18.8. The van der Waals surface area contributed by atoms with Crippen LogP contribution in [0.5, 0.6) is 5.75 Å². The monoisotopic (exact) mass is 471 g/mol. The number of rotatable bonds is 4. The van der Waals surface area contributed by atoms with Crippen LogP contribution in [-0.2, 0) is 14.8 Å². The number of benzene rings is 2. The fourth-order valence-electron chi connectivity index (χ4n) is 4.28. The number of sulfonamides is 1. The van der Waals surface area contributed by atoms with E-state index in [4.69, 9.17) is 4.74 Å². The molecule has 2 aromatic rings. The van der Waals surface area contributed by atoms with Crippen molar-refractivity contribution in [2.45, 2.75) is 26.7 Å². The highest BCUT2D eigenvalue weighted by Crippen LogP contribution is 2.35. The van der Waals surface area contributed by atoms with Crippen molar-refractivity contribution in [3.63, 3.8) is 0 Å². The molecule has 0 aromatic heterocycles. The quantitative estimate of drug-likeness (QED) is 0.729. The van der Waals surface area contributed by atoms with E-state index in [0.29, 0.717) is 59.9 Å². The molecule has 2 aliphatic heterocycles. The second kappa shape index (κ2) is 8.97. The predicted molar refractivity (Wildman–Crippen MR) is 126 cm³/mol. The summed E-state index contributed by atoms with van der Waals surface area (Å²) in [7, 11) is -2.26. The lowest BCUT2D eigenvalue weighted by molar-refractivity contribution is -0.121. The van der Waals surface area contributed by atoms with E-state index >= 15 is 0 Å². The number of ether oxygens (including phenoxy) is 1. The third-order valence-corrected chi connectivity index (χ3v) is 7.58. The number of anilines is 1. The van der Waals surface area contributed by atoms with Crippen LogP contribution in [0.3, 0.4) is 0 Å². The van der Waals surface area contributed by atoms with Crippen LogP contribution in [-0.4, -0.2) is 45.3 Å². The minimum absolute atomic E-state index is 0.114. The summed E-state index contributed by atoms with van der Waals surface area (Å²) >= 11 is 0. The summed E-state index contributed by atoms with van der Waals surface area (Å²) in [5, 5.41) is 2.88. The highest BCUT2D eigenvalue weighted by Gasteiger charge is 2.35. The number of carbonyl (C=O) groups excluding carboxylic acids is 1. The minimum Gasteiger partial charge on any atom is -0.497 e. The summed E-state index contributed by atoms with van der Waals surface area (Å²) in [4.78, 5) is 14.8. The van der Waals surface area contributed by atoms with Crippen LogP contribution in [0.2, 0.25) is 0 Å². The van der Waals surface area contributed by atoms with Crippen molar-refractivity contribution in [2.75, 3.05) is 25.5 Å². The summed E-state index contributed by atoms with van der Waals surface area (Å²) in [5.74, 6) is 0.411. The molecule has 2 aromatic carbocycles. The Morgan fingerprint density at radius 1 is 1.12 bits per heavy atom. The first-order valence-electron chi connectivity index (χ1n) is 10.7. The normalized spacial score (nSPS) is 18.3. The first-order valence-corrected chi connectivity index (χ1v) is 12.2. The Hall–Kier alpha value is -3.20. The number of carbonyl (C=O) groups is 1. The van der Waals surface area contributed by atoms with Gasteiger partial charge in [0.1, 0.15) is 22.3 Å². The zero-order valence-corrected chi connectivity index (χ0v) is 19.6. The Balaban J connectivity index is 1.45. The molecule has 4 rings (SSSR count). The molecule has 1 fully saturated rings. The fourth-order valence-corrected chi connectivity index (χ4v) is 5.76. The highest BCUT2D eigenvalue weighted by atomic mass is 32.2. The molecule has 33 heavy (non-hydrogen) atoms. The molecule has 9 heteroatoms. The number of halogens is 1. The molecule has 1 amide bonds. The summed E-state index contributed by atoms with van der Waals surface area (Å²) in [6.07, 6.45) is 1.13. The maximum absolute atomic E-state index is 13.3. The molecule has 0 unspecified atom stereocenters. The molecule has 174 valence electrons. The minimum atomic E-state index is -3.81. The number of methoxy groups -OCH3 is 1. The van der Waals surface area contributed by atoms with Gasteiger partial charge in [0, 0.05) is 30.3 Å². The third-order valence-electron chi connectivity index (χ3n) is 6.10. The van der Waals surface area contributed by atoms with E-state index in [9.17, 15) is 17.6 Å². The molecule has 0 saturated carbocycles. The molecule has 0 spiro atoms. The number of nitrogens with zero attached hydrogens (tertiary/aromatic N) is 2. The number of hydrogen-bond acceptors (Lipinski definition) is 5. The van der Waals surface area contributed by atoms with Crippen molar-refractivity contribution in [2.24, 2.45) is 10.3 Å². The fraction of sp³-hybridized carbons (Fsp3) is 0.333. The smallest absolute Gasteiger partial charge is 0.285 e. The number of amides is 1. The molecule has 1 saturated heterocycles. The molecular weight excluding hydrogens is 445 g/mol. The molecule has 0 radical (unpaired) electrons. The zero-order chi connectivity index (χ0) is 23.8. The van der Waals surface area contributed by atoms with Gasteiger partial charge in [0.05, 0.1) is 7.11 Å².